The maximum Gasteiger partial charge on any atom is 0.257 e. The van der Waals surface area contributed by atoms with Gasteiger partial charge in [0.2, 0.25) is 17.8 Å². The lowest BCUT2D eigenvalue weighted by Gasteiger charge is -2.06. The van der Waals surface area contributed by atoms with Crippen LogP contribution in [0.4, 0.5) is 10.8 Å². The Morgan fingerprint density at radius 1 is 1.10 bits per heavy atom. The van der Waals surface area contributed by atoms with Crippen LogP contribution in [-0.2, 0) is 4.79 Å². The molecule has 3 aromatic rings. The Balaban J connectivity index is 1.31. The van der Waals surface area contributed by atoms with Crippen molar-refractivity contribution in [1.29, 1.82) is 0 Å². The highest BCUT2D eigenvalue weighted by Crippen LogP contribution is 2.33. The Morgan fingerprint density at radius 2 is 1.93 bits per heavy atom. The van der Waals surface area contributed by atoms with Gasteiger partial charge >= 0.3 is 0 Å². The van der Waals surface area contributed by atoms with Gasteiger partial charge in [0.15, 0.2) is 15.8 Å². The van der Waals surface area contributed by atoms with Crippen LogP contribution >= 0.6 is 23.1 Å². The first-order chi connectivity index (χ1) is 14.1. The SMILES string of the molecule is Cc1ccccc1NC(=O)CSc1nnc(NC(=O)c2ccc3c(c2)OCO3)s1. The summed E-state index contributed by atoms with van der Waals surface area (Å²) in [5, 5.41) is 13.9. The minimum absolute atomic E-state index is 0.134. The highest BCUT2D eigenvalue weighted by molar-refractivity contribution is 8.01. The molecule has 1 aliphatic heterocycles. The fourth-order valence-corrected chi connectivity index (χ4v) is 4.10. The van der Waals surface area contributed by atoms with Gasteiger partial charge in [-0.1, -0.05) is 41.3 Å². The first-order valence-electron chi connectivity index (χ1n) is 8.61. The number of aromatic nitrogens is 2. The van der Waals surface area contributed by atoms with E-state index in [0.29, 0.717) is 26.5 Å². The van der Waals surface area contributed by atoms with Gasteiger partial charge in [-0.05, 0) is 36.8 Å². The quantitative estimate of drug-likeness (QED) is 0.457. The number of benzene rings is 2. The number of nitrogens with zero attached hydrogens (tertiary/aromatic N) is 2. The van der Waals surface area contributed by atoms with E-state index >= 15 is 0 Å². The summed E-state index contributed by atoms with van der Waals surface area (Å²) in [6, 6.07) is 12.5. The van der Waals surface area contributed by atoms with E-state index in [0.717, 1.165) is 11.3 Å². The van der Waals surface area contributed by atoms with Crippen molar-refractivity contribution in [3.05, 3.63) is 53.6 Å². The van der Waals surface area contributed by atoms with Crippen molar-refractivity contribution in [3.63, 3.8) is 0 Å². The largest absolute Gasteiger partial charge is 0.454 e. The zero-order valence-corrected chi connectivity index (χ0v) is 16.9. The van der Waals surface area contributed by atoms with Gasteiger partial charge in [0, 0.05) is 11.3 Å². The highest BCUT2D eigenvalue weighted by Gasteiger charge is 2.17. The molecule has 0 saturated heterocycles. The maximum absolute atomic E-state index is 12.4. The lowest BCUT2D eigenvalue weighted by molar-refractivity contribution is -0.113. The topological polar surface area (TPSA) is 102 Å². The number of carbonyl (C=O) groups is 2. The maximum atomic E-state index is 12.4. The van der Waals surface area contributed by atoms with Crippen molar-refractivity contribution in [2.75, 3.05) is 23.2 Å². The standard InChI is InChI=1S/C19H16N4O4S2/c1-11-4-2-3-5-13(11)20-16(24)9-28-19-23-22-18(29-19)21-17(25)12-6-7-14-15(8-12)27-10-26-14/h2-8H,9-10H2,1H3,(H,20,24)(H,21,22,25). The van der Waals surface area contributed by atoms with Crippen LogP contribution in [0.5, 0.6) is 11.5 Å². The number of anilines is 2. The van der Waals surface area contributed by atoms with Gasteiger partial charge in [0.05, 0.1) is 5.75 Å². The van der Waals surface area contributed by atoms with E-state index in [-0.39, 0.29) is 24.4 Å². The number of thioether (sulfide) groups is 1. The predicted molar refractivity (Wildman–Crippen MR) is 111 cm³/mol. The molecule has 4 rings (SSSR count). The fraction of sp³-hybridized carbons (Fsp3) is 0.158. The zero-order chi connectivity index (χ0) is 20.2. The minimum atomic E-state index is -0.326. The van der Waals surface area contributed by atoms with E-state index in [1.807, 2.05) is 31.2 Å². The van der Waals surface area contributed by atoms with Crippen LogP contribution < -0.4 is 20.1 Å². The second-order valence-corrected chi connectivity index (χ2v) is 8.25. The molecule has 0 fully saturated rings. The number of amides is 2. The van der Waals surface area contributed by atoms with E-state index in [1.165, 1.54) is 23.1 Å². The van der Waals surface area contributed by atoms with E-state index < -0.39 is 0 Å². The molecule has 148 valence electrons. The van der Waals surface area contributed by atoms with E-state index in [2.05, 4.69) is 20.8 Å². The number of hydrogen-bond acceptors (Lipinski definition) is 8. The van der Waals surface area contributed by atoms with Crippen molar-refractivity contribution in [2.45, 2.75) is 11.3 Å². The first kappa shape index (κ1) is 19.2. The minimum Gasteiger partial charge on any atom is -0.454 e. The number of para-hydroxylation sites is 1. The van der Waals surface area contributed by atoms with Crippen LogP contribution in [0, 0.1) is 6.92 Å². The molecule has 8 nitrogen and oxygen atoms in total. The number of hydrogen-bond donors (Lipinski definition) is 2. The molecule has 0 unspecified atom stereocenters. The van der Waals surface area contributed by atoms with Crippen molar-refractivity contribution in [3.8, 4) is 11.5 Å². The lowest BCUT2D eigenvalue weighted by atomic mass is 10.2. The molecule has 29 heavy (non-hydrogen) atoms. The first-order valence-corrected chi connectivity index (χ1v) is 10.4. The molecule has 1 aromatic heterocycles. The molecule has 0 spiro atoms. The second-order valence-electron chi connectivity index (χ2n) is 6.05. The Kier molecular flexibility index (Phi) is 5.63. The molecule has 2 N–H and O–H groups in total. The molecule has 0 saturated carbocycles. The van der Waals surface area contributed by atoms with Crippen LogP contribution in [0.3, 0.4) is 0 Å². The number of carbonyl (C=O) groups excluding carboxylic acids is 2. The van der Waals surface area contributed by atoms with Crippen LogP contribution in [0.1, 0.15) is 15.9 Å². The summed E-state index contributed by atoms with van der Waals surface area (Å²) in [5.41, 5.74) is 2.21. The van der Waals surface area contributed by atoms with Gasteiger partial charge in [-0.3, -0.25) is 14.9 Å². The van der Waals surface area contributed by atoms with E-state index in [4.69, 9.17) is 9.47 Å². The van der Waals surface area contributed by atoms with Gasteiger partial charge in [-0.2, -0.15) is 0 Å². The summed E-state index contributed by atoms with van der Waals surface area (Å²) in [7, 11) is 0. The number of fused-ring (bicyclic) bond motifs is 1. The number of nitrogens with one attached hydrogen (secondary N) is 2. The Labute approximate surface area is 174 Å². The summed E-state index contributed by atoms with van der Waals surface area (Å²) in [6.07, 6.45) is 0. The molecule has 2 heterocycles. The Morgan fingerprint density at radius 3 is 2.79 bits per heavy atom. The third-order valence-corrected chi connectivity index (χ3v) is 5.98. The number of ether oxygens (including phenoxy) is 2. The van der Waals surface area contributed by atoms with E-state index in [1.54, 1.807) is 18.2 Å². The Bertz CT molecular complexity index is 1070. The number of aryl methyl sites for hydroxylation is 1. The molecule has 0 radical (unpaired) electrons. The van der Waals surface area contributed by atoms with Gasteiger partial charge in [-0.15, -0.1) is 10.2 Å². The average molecular weight is 428 g/mol. The summed E-state index contributed by atoms with van der Waals surface area (Å²) in [5.74, 6) is 0.878. The van der Waals surface area contributed by atoms with Crippen LogP contribution in [0.15, 0.2) is 46.8 Å². The molecule has 10 heteroatoms. The highest BCUT2D eigenvalue weighted by atomic mass is 32.2. The summed E-state index contributed by atoms with van der Waals surface area (Å²) >= 11 is 2.46. The predicted octanol–water partition coefficient (Wildman–Crippen LogP) is 3.56. The summed E-state index contributed by atoms with van der Waals surface area (Å²) in [6.45, 7) is 2.08. The molecule has 0 aliphatic carbocycles. The number of rotatable bonds is 6. The third kappa shape index (κ3) is 4.66. The van der Waals surface area contributed by atoms with Crippen LogP contribution in [0.25, 0.3) is 0 Å². The molecule has 1 aliphatic rings. The van der Waals surface area contributed by atoms with Crippen molar-refractivity contribution in [1.82, 2.24) is 10.2 Å². The smallest absolute Gasteiger partial charge is 0.257 e. The molecule has 0 bridgehead atoms. The van der Waals surface area contributed by atoms with Crippen LogP contribution in [0.2, 0.25) is 0 Å². The van der Waals surface area contributed by atoms with Crippen LogP contribution in [-0.4, -0.2) is 34.6 Å². The molecular formula is C19H16N4O4S2. The third-order valence-electron chi connectivity index (χ3n) is 4.01. The van der Waals surface area contributed by atoms with Crippen molar-refractivity contribution in [2.24, 2.45) is 0 Å². The molecular weight excluding hydrogens is 412 g/mol. The summed E-state index contributed by atoms with van der Waals surface area (Å²) < 4.78 is 11.1. The van der Waals surface area contributed by atoms with Crippen molar-refractivity contribution >= 4 is 45.7 Å². The van der Waals surface area contributed by atoms with Crippen molar-refractivity contribution < 1.29 is 19.1 Å². The van der Waals surface area contributed by atoms with Gasteiger partial charge in [0.1, 0.15) is 0 Å². The zero-order valence-electron chi connectivity index (χ0n) is 15.3. The Hall–Kier alpha value is -3.11. The molecule has 0 atom stereocenters. The molecule has 2 aromatic carbocycles. The monoisotopic (exact) mass is 428 g/mol. The molecule has 2 amide bonds. The van der Waals surface area contributed by atoms with E-state index in [9.17, 15) is 9.59 Å². The average Bonchev–Trinajstić information content (AvgIpc) is 3.36. The normalized spacial score (nSPS) is 11.9. The van der Waals surface area contributed by atoms with Gasteiger partial charge in [0.25, 0.3) is 5.91 Å². The van der Waals surface area contributed by atoms with Gasteiger partial charge < -0.3 is 14.8 Å². The fourth-order valence-electron chi connectivity index (χ4n) is 2.55. The second kappa shape index (κ2) is 8.50. The lowest BCUT2D eigenvalue weighted by Crippen LogP contribution is -2.14. The van der Waals surface area contributed by atoms with Gasteiger partial charge in [-0.25, -0.2) is 0 Å². The summed E-state index contributed by atoms with van der Waals surface area (Å²) in [4.78, 5) is 24.5.